The fraction of sp³-hybridized carbons (Fsp3) is 0.833. The second-order valence-corrected chi connectivity index (χ2v) is 3.97. The molecule has 0 rings (SSSR count). The Kier molecular flexibility index (Phi) is 9.76. The Hall–Kier alpha value is -1.06. The van der Waals surface area contributed by atoms with Crippen LogP contribution in [0.25, 0.3) is 0 Å². The molecule has 94 valence electrons. The Balaban J connectivity index is 3.10. The molecule has 0 radical (unpaired) electrons. The van der Waals surface area contributed by atoms with Crippen molar-refractivity contribution in [2.45, 2.75) is 51.4 Å². The molecule has 0 atom stereocenters. The van der Waals surface area contributed by atoms with E-state index in [2.05, 4.69) is 10.6 Å². The molecule has 0 saturated carbocycles. The molecule has 4 nitrogen and oxygen atoms in total. The molecule has 0 aromatic rings. The maximum Gasteiger partial charge on any atom is 0.219 e. The van der Waals surface area contributed by atoms with Crippen molar-refractivity contribution in [1.29, 1.82) is 0 Å². The lowest BCUT2D eigenvalue weighted by Crippen LogP contribution is -2.17. The van der Waals surface area contributed by atoms with E-state index < -0.39 is 0 Å². The predicted octanol–water partition coefficient (Wildman–Crippen LogP) is 1.60. The van der Waals surface area contributed by atoms with E-state index >= 15 is 0 Å². The lowest BCUT2D eigenvalue weighted by atomic mass is 10.1. The SMILES string of the molecule is CNC(=O)CCCCCCCCC(=O)NC. The lowest BCUT2D eigenvalue weighted by Gasteiger charge is -2.02. The number of amides is 2. The number of unbranched alkanes of at least 4 members (excludes halogenated alkanes) is 5. The highest BCUT2D eigenvalue weighted by Gasteiger charge is 1.99. The van der Waals surface area contributed by atoms with Crippen LogP contribution < -0.4 is 10.6 Å². The third-order valence-corrected chi connectivity index (χ3v) is 2.62. The first-order valence-electron chi connectivity index (χ1n) is 6.12. The van der Waals surface area contributed by atoms with E-state index in [9.17, 15) is 9.59 Å². The molecule has 0 spiro atoms. The van der Waals surface area contributed by atoms with Crippen LogP contribution in [0, 0.1) is 0 Å². The van der Waals surface area contributed by atoms with Crippen LogP contribution in [0.15, 0.2) is 0 Å². The van der Waals surface area contributed by atoms with Gasteiger partial charge in [0.15, 0.2) is 0 Å². The Bertz CT molecular complexity index is 183. The predicted molar refractivity (Wildman–Crippen MR) is 65.1 cm³/mol. The van der Waals surface area contributed by atoms with Crippen molar-refractivity contribution in [1.82, 2.24) is 10.6 Å². The fourth-order valence-electron chi connectivity index (χ4n) is 1.53. The highest BCUT2D eigenvalue weighted by atomic mass is 16.2. The first kappa shape index (κ1) is 14.9. The van der Waals surface area contributed by atoms with E-state index in [1.807, 2.05) is 0 Å². The molecule has 0 bridgehead atoms. The minimum Gasteiger partial charge on any atom is -0.359 e. The molecule has 0 aromatic heterocycles. The van der Waals surface area contributed by atoms with Gasteiger partial charge in [0.25, 0.3) is 0 Å². The van der Waals surface area contributed by atoms with Gasteiger partial charge in [0.1, 0.15) is 0 Å². The first-order chi connectivity index (χ1) is 7.70. The highest BCUT2D eigenvalue weighted by molar-refractivity contribution is 5.75. The Morgan fingerprint density at radius 2 is 1.00 bits per heavy atom. The van der Waals surface area contributed by atoms with Gasteiger partial charge in [0.2, 0.25) is 11.8 Å². The third-order valence-electron chi connectivity index (χ3n) is 2.62. The van der Waals surface area contributed by atoms with Crippen LogP contribution in [-0.2, 0) is 9.59 Å². The number of carbonyl (C=O) groups is 2. The van der Waals surface area contributed by atoms with Crippen molar-refractivity contribution in [3.8, 4) is 0 Å². The van der Waals surface area contributed by atoms with Crippen LogP contribution in [0.4, 0.5) is 0 Å². The second-order valence-electron chi connectivity index (χ2n) is 3.97. The largest absolute Gasteiger partial charge is 0.359 e. The lowest BCUT2D eigenvalue weighted by molar-refractivity contribution is -0.121. The minimum atomic E-state index is 0.125. The van der Waals surface area contributed by atoms with E-state index in [0.717, 1.165) is 38.5 Å². The molecular weight excluding hydrogens is 204 g/mol. The second kappa shape index (κ2) is 10.5. The molecule has 0 heterocycles. The van der Waals surface area contributed by atoms with Crippen LogP contribution in [0.2, 0.25) is 0 Å². The average Bonchev–Trinajstić information content (AvgIpc) is 2.31. The van der Waals surface area contributed by atoms with Gasteiger partial charge < -0.3 is 10.6 Å². The molecule has 2 N–H and O–H groups in total. The van der Waals surface area contributed by atoms with Crippen LogP contribution in [0.3, 0.4) is 0 Å². The Morgan fingerprint density at radius 3 is 1.31 bits per heavy atom. The molecule has 0 aliphatic heterocycles. The summed E-state index contributed by atoms with van der Waals surface area (Å²) in [7, 11) is 3.34. The van der Waals surface area contributed by atoms with Gasteiger partial charge in [-0.15, -0.1) is 0 Å². The molecule has 0 unspecified atom stereocenters. The van der Waals surface area contributed by atoms with E-state index in [0.29, 0.717) is 12.8 Å². The summed E-state index contributed by atoms with van der Waals surface area (Å²) in [6.07, 6.45) is 7.73. The fourth-order valence-corrected chi connectivity index (χ4v) is 1.53. The van der Waals surface area contributed by atoms with Crippen molar-refractivity contribution >= 4 is 11.8 Å². The van der Waals surface area contributed by atoms with Crippen molar-refractivity contribution in [2.75, 3.05) is 14.1 Å². The van der Waals surface area contributed by atoms with Crippen LogP contribution in [0.5, 0.6) is 0 Å². The molecule has 0 fully saturated rings. The highest BCUT2D eigenvalue weighted by Crippen LogP contribution is 2.08. The van der Waals surface area contributed by atoms with Crippen LogP contribution in [-0.4, -0.2) is 25.9 Å². The molecular formula is C12H24N2O2. The maximum atomic E-state index is 10.9. The van der Waals surface area contributed by atoms with Gasteiger partial charge in [-0.1, -0.05) is 25.7 Å². The molecule has 0 aliphatic rings. The summed E-state index contributed by atoms with van der Waals surface area (Å²) >= 11 is 0. The minimum absolute atomic E-state index is 0.125. The van der Waals surface area contributed by atoms with Gasteiger partial charge in [0, 0.05) is 26.9 Å². The van der Waals surface area contributed by atoms with Crippen LogP contribution in [0.1, 0.15) is 51.4 Å². The van der Waals surface area contributed by atoms with Gasteiger partial charge in [-0.05, 0) is 12.8 Å². The number of hydrogen-bond donors (Lipinski definition) is 2. The first-order valence-corrected chi connectivity index (χ1v) is 6.12. The van der Waals surface area contributed by atoms with Gasteiger partial charge in [-0.3, -0.25) is 9.59 Å². The number of nitrogens with one attached hydrogen (secondary N) is 2. The Labute approximate surface area is 98.2 Å². The molecule has 0 saturated heterocycles. The summed E-state index contributed by atoms with van der Waals surface area (Å²) < 4.78 is 0. The van der Waals surface area contributed by atoms with Crippen LogP contribution >= 0.6 is 0 Å². The maximum absolute atomic E-state index is 10.9. The monoisotopic (exact) mass is 228 g/mol. The molecule has 0 aromatic carbocycles. The quantitative estimate of drug-likeness (QED) is 0.589. The van der Waals surface area contributed by atoms with E-state index in [1.165, 1.54) is 0 Å². The van der Waals surface area contributed by atoms with E-state index in [-0.39, 0.29) is 11.8 Å². The standard InChI is InChI=1S/C12H24N2O2/c1-13-11(15)9-7-5-3-4-6-8-10-12(16)14-2/h3-10H2,1-2H3,(H,13,15)(H,14,16). The zero-order valence-corrected chi connectivity index (χ0v) is 10.5. The van der Waals surface area contributed by atoms with Crippen molar-refractivity contribution in [2.24, 2.45) is 0 Å². The molecule has 2 amide bonds. The normalized spacial score (nSPS) is 9.88. The van der Waals surface area contributed by atoms with Crippen molar-refractivity contribution < 1.29 is 9.59 Å². The molecule has 16 heavy (non-hydrogen) atoms. The summed E-state index contributed by atoms with van der Waals surface area (Å²) in [5.41, 5.74) is 0. The number of hydrogen-bond acceptors (Lipinski definition) is 2. The topological polar surface area (TPSA) is 58.2 Å². The average molecular weight is 228 g/mol. The Morgan fingerprint density at radius 1 is 0.688 bits per heavy atom. The summed E-state index contributed by atoms with van der Waals surface area (Å²) in [5.74, 6) is 0.249. The van der Waals surface area contributed by atoms with Gasteiger partial charge in [-0.25, -0.2) is 0 Å². The van der Waals surface area contributed by atoms with E-state index in [4.69, 9.17) is 0 Å². The number of rotatable bonds is 9. The molecule has 0 aliphatic carbocycles. The summed E-state index contributed by atoms with van der Waals surface area (Å²) in [4.78, 5) is 21.8. The van der Waals surface area contributed by atoms with Crippen molar-refractivity contribution in [3.63, 3.8) is 0 Å². The number of carbonyl (C=O) groups excluding carboxylic acids is 2. The zero-order valence-electron chi connectivity index (χ0n) is 10.5. The van der Waals surface area contributed by atoms with Gasteiger partial charge in [0.05, 0.1) is 0 Å². The van der Waals surface area contributed by atoms with Crippen molar-refractivity contribution in [3.05, 3.63) is 0 Å². The smallest absolute Gasteiger partial charge is 0.219 e. The van der Waals surface area contributed by atoms with Gasteiger partial charge >= 0.3 is 0 Å². The molecule has 4 heteroatoms. The van der Waals surface area contributed by atoms with E-state index in [1.54, 1.807) is 14.1 Å². The third kappa shape index (κ3) is 9.49. The van der Waals surface area contributed by atoms with Gasteiger partial charge in [-0.2, -0.15) is 0 Å². The summed E-state index contributed by atoms with van der Waals surface area (Å²) in [5, 5.41) is 5.22. The summed E-state index contributed by atoms with van der Waals surface area (Å²) in [6.45, 7) is 0. The summed E-state index contributed by atoms with van der Waals surface area (Å²) in [6, 6.07) is 0. The zero-order chi connectivity index (χ0) is 12.2.